The van der Waals surface area contributed by atoms with E-state index in [2.05, 4.69) is 4.74 Å². The Bertz CT molecular complexity index is 461. The van der Waals surface area contributed by atoms with Crippen LogP contribution in [-0.2, 0) is 4.74 Å². The first-order valence-electron chi connectivity index (χ1n) is 5.01. The van der Waals surface area contributed by atoms with Crippen molar-refractivity contribution in [2.45, 2.75) is 6.42 Å². The van der Waals surface area contributed by atoms with E-state index in [1.165, 1.54) is 7.11 Å². The molecule has 2 rings (SSSR count). The van der Waals surface area contributed by atoms with E-state index in [-0.39, 0.29) is 17.1 Å². The monoisotopic (exact) mass is 352 g/mol. The second-order valence-electron chi connectivity index (χ2n) is 3.42. The molecule has 0 aromatic heterocycles. The lowest BCUT2D eigenvalue weighted by atomic mass is 10.2. The van der Waals surface area contributed by atoms with Crippen LogP contribution in [0.5, 0.6) is 11.5 Å². The number of benzene rings is 1. The van der Waals surface area contributed by atoms with Crippen molar-refractivity contribution in [3.8, 4) is 11.5 Å². The number of esters is 1. The van der Waals surface area contributed by atoms with E-state index < -0.39 is 11.8 Å². The molecular formula is C11H10FIO4. The predicted octanol–water partition coefficient (Wildman–Crippen LogP) is 2.38. The molecule has 1 aromatic rings. The van der Waals surface area contributed by atoms with Gasteiger partial charge in [0.2, 0.25) is 0 Å². The highest BCUT2D eigenvalue weighted by Crippen LogP contribution is 2.39. The van der Waals surface area contributed by atoms with Gasteiger partial charge in [0.25, 0.3) is 0 Å². The maximum atomic E-state index is 13.6. The lowest BCUT2D eigenvalue weighted by molar-refractivity contribution is 0.0595. The van der Waals surface area contributed by atoms with Crippen molar-refractivity contribution in [3.05, 3.63) is 21.0 Å². The van der Waals surface area contributed by atoms with Gasteiger partial charge in [0, 0.05) is 6.42 Å². The zero-order chi connectivity index (χ0) is 12.4. The van der Waals surface area contributed by atoms with Gasteiger partial charge in [0.15, 0.2) is 11.5 Å². The molecule has 0 atom stereocenters. The standard InChI is InChI=1S/C11H10FIO4/c1-15-11(14)6-5-7(12)8(13)10-9(6)16-3-2-4-17-10/h5H,2-4H2,1H3. The highest BCUT2D eigenvalue weighted by Gasteiger charge is 2.25. The van der Waals surface area contributed by atoms with Crippen molar-refractivity contribution in [1.29, 1.82) is 0 Å². The fourth-order valence-corrected chi connectivity index (χ4v) is 2.08. The Morgan fingerprint density at radius 1 is 1.41 bits per heavy atom. The van der Waals surface area contributed by atoms with Crippen LogP contribution in [0.4, 0.5) is 4.39 Å². The summed E-state index contributed by atoms with van der Waals surface area (Å²) in [5.74, 6) is -0.610. The first kappa shape index (κ1) is 12.4. The summed E-state index contributed by atoms with van der Waals surface area (Å²) < 4.78 is 29.4. The zero-order valence-corrected chi connectivity index (χ0v) is 11.2. The fraction of sp³-hybridized carbons (Fsp3) is 0.364. The number of hydrogen-bond acceptors (Lipinski definition) is 4. The molecule has 0 amide bonds. The number of rotatable bonds is 1. The average molecular weight is 352 g/mol. The van der Waals surface area contributed by atoms with Gasteiger partial charge in [-0.05, 0) is 28.7 Å². The molecule has 6 heteroatoms. The van der Waals surface area contributed by atoms with Crippen molar-refractivity contribution in [2.24, 2.45) is 0 Å². The van der Waals surface area contributed by atoms with Crippen molar-refractivity contribution >= 4 is 28.6 Å². The van der Waals surface area contributed by atoms with Crippen LogP contribution in [0.2, 0.25) is 0 Å². The number of carbonyl (C=O) groups excluding carboxylic acids is 1. The summed E-state index contributed by atoms with van der Waals surface area (Å²) >= 11 is 1.83. The largest absolute Gasteiger partial charge is 0.489 e. The van der Waals surface area contributed by atoms with Crippen LogP contribution in [0.15, 0.2) is 6.07 Å². The van der Waals surface area contributed by atoms with E-state index in [0.29, 0.717) is 23.2 Å². The van der Waals surface area contributed by atoms with Gasteiger partial charge in [-0.2, -0.15) is 0 Å². The van der Waals surface area contributed by atoms with Crippen molar-refractivity contribution in [3.63, 3.8) is 0 Å². The Morgan fingerprint density at radius 3 is 2.71 bits per heavy atom. The van der Waals surface area contributed by atoms with E-state index in [1.54, 1.807) is 0 Å². The molecule has 17 heavy (non-hydrogen) atoms. The molecule has 0 aliphatic carbocycles. The third kappa shape index (κ3) is 2.31. The molecule has 0 spiro atoms. The van der Waals surface area contributed by atoms with Crippen molar-refractivity contribution < 1.29 is 23.4 Å². The highest BCUT2D eigenvalue weighted by molar-refractivity contribution is 14.1. The Kier molecular flexibility index (Phi) is 3.70. The zero-order valence-electron chi connectivity index (χ0n) is 9.09. The number of hydrogen-bond donors (Lipinski definition) is 0. The topological polar surface area (TPSA) is 44.8 Å². The summed E-state index contributed by atoms with van der Waals surface area (Å²) in [4.78, 5) is 11.5. The number of methoxy groups -OCH3 is 1. The second-order valence-corrected chi connectivity index (χ2v) is 4.50. The summed E-state index contributed by atoms with van der Waals surface area (Å²) in [6, 6.07) is 1.11. The number of ether oxygens (including phenoxy) is 3. The highest BCUT2D eigenvalue weighted by atomic mass is 127. The Hall–Kier alpha value is -1.05. The van der Waals surface area contributed by atoms with Gasteiger partial charge in [0.05, 0.1) is 23.9 Å². The number of carbonyl (C=O) groups is 1. The van der Waals surface area contributed by atoms with Crippen LogP contribution < -0.4 is 9.47 Å². The Morgan fingerprint density at radius 2 is 2.06 bits per heavy atom. The minimum Gasteiger partial charge on any atom is -0.489 e. The van der Waals surface area contributed by atoms with Crippen molar-refractivity contribution in [2.75, 3.05) is 20.3 Å². The minimum absolute atomic E-state index is 0.0577. The van der Waals surface area contributed by atoms with Gasteiger partial charge in [-0.1, -0.05) is 0 Å². The van der Waals surface area contributed by atoms with Crippen LogP contribution in [0.3, 0.4) is 0 Å². The average Bonchev–Trinajstić information content (AvgIpc) is 2.58. The second kappa shape index (κ2) is 5.07. The molecule has 1 aliphatic rings. The predicted molar refractivity (Wildman–Crippen MR) is 66.1 cm³/mol. The van der Waals surface area contributed by atoms with Gasteiger partial charge < -0.3 is 14.2 Å². The summed E-state index contributed by atoms with van der Waals surface area (Å²) in [5, 5.41) is 0. The Balaban J connectivity index is 2.60. The molecule has 0 saturated carbocycles. The molecule has 0 radical (unpaired) electrons. The summed E-state index contributed by atoms with van der Waals surface area (Å²) in [5.41, 5.74) is 0.0577. The molecular weight excluding hydrogens is 342 g/mol. The molecule has 0 fully saturated rings. The lowest BCUT2D eigenvalue weighted by Crippen LogP contribution is -2.08. The molecule has 0 N–H and O–H groups in total. The quantitative estimate of drug-likeness (QED) is 0.575. The molecule has 1 aliphatic heterocycles. The van der Waals surface area contributed by atoms with Gasteiger partial charge in [-0.3, -0.25) is 0 Å². The van der Waals surface area contributed by atoms with Crippen molar-refractivity contribution in [1.82, 2.24) is 0 Å². The van der Waals surface area contributed by atoms with Crippen LogP contribution >= 0.6 is 22.6 Å². The first-order chi connectivity index (χ1) is 8.15. The minimum atomic E-state index is -0.637. The normalized spacial score (nSPS) is 14.1. The summed E-state index contributed by atoms with van der Waals surface area (Å²) in [6.07, 6.45) is 0.687. The third-order valence-electron chi connectivity index (χ3n) is 2.32. The number of halogens is 2. The number of fused-ring (bicyclic) bond motifs is 1. The first-order valence-corrected chi connectivity index (χ1v) is 6.09. The molecule has 4 nitrogen and oxygen atoms in total. The van der Waals surface area contributed by atoms with E-state index in [0.717, 1.165) is 6.07 Å². The van der Waals surface area contributed by atoms with Gasteiger partial charge >= 0.3 is 5.97 Å². The molecule has 0 bridgehead atoms. The van der Waals surface area contributed by atoms with Crippen LogP contribution in [0.25, 0.3) is 0 Å². The van der Waals surface area contributed by atoms with E-state index >= 15 is 0 Å². The fourth-order valence-electron chi connectivity index (χ4n) is 1.53. The molecule has 92 valence electrons. The molecule has 1 heterocycles. The smallest absolute Gasteiger partial charge is 0.341 e. The maximum absolute atomic E-state index is 13.6. The van der Waals surface area contributed by atoms with E-state index in [1.807, 2.05) is 22.6 Å². The van der Waals surface area contributed by atoms with Gasteiger partial charge in [-0.25, -0.2) is 9.18 Å². The summed E-state index contributed by atoms with van der Waals surface area (Å²) in [7, 11) is 1.24. The van der Waals surface area contributed by atoms with Gasteiger partial charge in [0.1, 0.15) is 11.4 Å². The molecule has 0 saturated heterocycles. The van der Waals surface area contributed by atoms with E-state index in [9.17, 15) is 9.18 Å². The maximum Gasteiger partial charge on any atom is 0.341 e. The SMILES string of the molecule is COC(=O)c1cc(F)c(I)c2c1OCCCO2. The van der Waals surface area contributed by atoms with Gasteiger partial charge in [-0.15, -0.1) is 0 Å². The molecule has 0 unspecified atom stereocenters. The van der Waals surface area contributed by atoms with Crippen LogP contribution in [0, 0.1) is 9.39 Å². The Labute approximate surface area is 111 Å². The summed E-state index contributed by atoms with van der Waals surface area (Å²) in [6.45, 7) is 0.867. The van der Waals surface area contributed by atoms with Crippen LogP contribution in [0.1, 0.15) is 16.8 Å². The molecule has 1 aromatic carbocycles. The van der Waals surface area contributed by atoms with E-state index in [4.69, 9.17) is 9.47 Å². The third-order valence-corrected chi connectivity index (χ3v) is 3.32. The lowest BCUT2D eigenvalue weighted by Gasteiger charge is -2.13. The van der Waals surface area contributed by atoms with Crippen LogP contribution in [-0.4, -0.2) is 26.3 Å².